The Labute approximate surface area is 170 Å². The molecule has 7 nitrogen and oxygen atoms in total. The van der Waals surface area contributed by atoms with E-state index in [9.17, 15) is 4.79 Å². The molecule has 0 fully saturated rings. The average molecular weight is 443 g/mol. The number of hydrogen-bond acceptors (Lipinski definition) is 5. The largest absolute Gasteiger partial charge is 0.497 e. The molecule has 0 aliphatic heterocycles. The highest BCUT2D eigenvalue weighted by molar-refractivity contribution is 9.10. The first-order valence-electron chi connectivity index (χ1n) is 8.40. The maximum atomic E-state index is 12.4. The van der Waals surface area contributed by atoms with E-state index in [1.807, 2.05) is 37.3 Å². The van der Waals surface area contributed by atoms with Gasteiger partial charge in [-0.05, 0) is 42.8 Å². The minimum atomic E-state index is -0.386. The van der Waals surface area contributed by atoms with E-state index in [0.29, 0.717) is 28.6 Å². The molecule has 0 aliphatic carbocycles. The average Bonchev–Trinajstić information content (AvgIpc) is 3.21. The normalized spacial score (nSPS) is 11.2. The summed E-state index contributed by atoms with van der Waals surface area (Å²) in [6, 6.07) is 14.7. The number of nitrogens with one attached hydrogen (secondary N) is 2. The predicted octanol–water partition coefficient (Wildman–Crippen LogP) is 4.01. The van der Waals surface area contributed by atoms with Crippen molar-refractivity contribution in [2.75, 3.05) is 14.2 Å². The minimum absolute atomic E-state index is 0.292. The second-order valence-corrected chi connectivity index (χ2v) is 6.79. The summed E-state index contributed by atoms with van der Waals surface area (Å²) in [6.45, 7) is 1.82. The number of rotatable bonds is 6. The Bertz CT molecular complexity index is 1010. The zero-order chi connectivity index (χ0) is 20.1. The van der Waals surface area contributed by atoms with E-state index < -0.39 is 0 Å². The van der Waals surface area contributed by atoms with Crippen molar-refractivity contribution < 1.29 is 14.3 Å². The van der Waals surface area contributed by atoms with Crippen molar-refractivity contribution in [3.63, 3.8) is 0 Å². The number of methoxy groups -OCH3 is 2. The summed E-state index contributed by atoms with van der Waals surface area (Å²) in [6.07, 6.45) is 0. The Kier molecular flexibility index (Phi) is 6.10. The number of H-pyrrole nitrogens is 1. The summed E-state index contributed by atoms with van der Waals surface area (Å²) in [5, 5.41) is 11.1. The zero-order valence-electron chi connectivity index (χ0n) is 15.6. The fourth-order valence-corrected chi connectivity index (χ4v) is 2.80. The van der Waals surface area contributed by atoms with Crippen LogP contribution in [0.5, 0.6) is 11.5 Å². The van der Waals surface area contributed by atoms with E-state index in [4.69, 9.17) is 9.47 Å². The van der Waals surface area contributed by atoms with Crippen LogP contribution in [0, 0.1) is 0 Å². The third-order valence-corrected chi connectivity index (χ3v) is 4.62. The Morgan fingerprint density at radius 1 is 1.11 bits per heavy atom. The first kappa shape index (κ1) is 19.6. The first-order valence-corrected chi connectivity index (χ1v) is 9.19. The van der Waals surface area contributed by atoms with Crippen molar-refractivity contribution in [1.29, 1.82) is 0 Å². The van der Waals surface area contributed by atoms with Crippen molar-refractivity contribution in [3.05, 3.63) is 64.3 Å². The Balaban J connectivity index is 1.75. The molecule has 8 heteroatoms. The molecule has 3 aromatic rings. The summed E-state index contributed by atoms with van der Waals surface area (Å²) >= 11 is 3.39. The van der Waals surface area contributed by atoms with Gasteiger partial charge >= 0.3 is 0 Å². The van der Waals surface area contributed by atoms with Crippen LogP contribution in [0.4, 0.5) is 0 Å². The van der Waals surface area contributed by atoms with Gasteiger partial charge in [-0.2, -0.15) is 10.2 Å². The number of nitrogens with zero attached hydrogens (tertiary/aromatic N) is 2. The third-order valence-electron chi connectivity index (χ3n) is 4.09. The van der Waals surface area contributed by atoms with Crippen LogP contribution in [-0.2, 0) is 0 Å². The van der Waals surface area contributed by atoms with Gasteiger partial charge < -0.3 is 9.47 Å². The summed E-state index contributed by atoms with van der Waals surface area (Å²) in [4.78, 5) is 12.4. The molecule has 3 rings (SSSR count). The topological polar surface area (TPSA) is 88.6 Å². The number of hydrogen-bond donors (Lipinski definition) is 2. The lowest BCUT2D eigenvalue weighted by atomic mass is 10.1. The van der Waals surface area contributed by atoms with Crippen LogP contribution in [0.25, 0.3) is 11.3 Å². The van der Waals surface area contributed by atoms with Crippen molar-refractivity contribution >= 4 is 27.5 Å². The van der Waals surface area contributed by atoms with Gasteiger partial charge in [-0.1, -0.05) is 28.1 Å². The van der Waals surface area contributed by atoms with Gasteiger partial charge in [-0.3, -0.25) is 9.89 Å². The summed E-state index contributed by atoms with van der Waals surface area (Å²) in [5.74, 6) is 0.886. The number of ether oxygens (including phenoxy) is 2. The monoisotopic (exact) mass is 442 g/mol. The molecule has 0 spiro atoms. The van der Waals surface area contributed by atoms with Crippen molar-refractivity contribution in [3.8, 4) is 22.8 Å². The number of hydrazone groups is 1. The van der Waals surface area contributed by atoms with Gasteiger partial charge in [0.1, 0.15) is 17.2 Å². The van der Waals surface area contributed by atoms with E-state index in [1.54, 1.807) is 32.4 Å². The number of benzene rings is 2. The van der Waals surface area contributed by atoms with Gasteiger partial charge in [-0.25, -0.2) is 5.43 Å². The van der Waals surface area contributed by atoms with E-state index in [2.05, 4.69) is 36.7 Å². The zero-order valence-corrected chi connectivity index (χ0v) is 17.2. The molecule has 1 aromatic heterocycles. The van der Waals surface area contributed by atoms with Crippen LogP contribution in [-0.4, -0.2) is 36.0 Å². The van der Waals surface area contributed by atoms with Gasteiger partial charge in [-0.15, -0.1) is 0 Å². The number of aromatic amines is 1. The highest BCUT2D eigenvalue weighted by atomic mass is 79.9. The van der Waals surface area contributed by atoms with Crippen LogP contribution >= 0.6 is 15.9 Å². The minimum Gasteiger partial charge on any atom is -0.497 e. The molecule has 0 aliphatic rings. The standard InChI is InChI=1S/C20H19BrN4O3/c1-12(13-4-6-14(21)7-5-13)22-25-20(26)18-11-17(23-24-18)16-9-8-15(27-2)10-19(16)28-3/h4-11H,1-3H3,(H,23,24)(H,25,26). The lowest BCUT2D eigenvalue weighted by Gasteiger charge is -2.08. The van der Waals surface area contributed by atoms with Crippen LogP contribution in [0.3, 0.4) is 0 Å². The number of amides is 1. The Morgan fingerprint density at radius 3 is 2.54 bits per heavy atom. The summed E-state index contributed by atoms with van der Waals surface area (Å²) in [5.41, 5.74) is 5.76. The van der Waals surface area contributed by atoms with Gasteiger partial charge in [0, 0.05) is 16.1 Å². The molecule has 0 radical (unpaired) electrons. The van der Waals surface area contributed by atoms with Crippen LogP contribution < -0.4 is 14.9 Å². The Hall–Kier alpha value is -3.13. The molecule has 0 saturated heterocycles. The van der Waals surface area contributed by atoms with Gasteiger partial charge in [0.2, 0.25) is 0 Å². The van der Waals surface area contributed by atoms with Crippen LogP contribution in [0.15, 0.2) is 58.1 Å². The van der Waals surface area contributed by atoms with Crippen molar-refractivity contribution in [1.82, 2.24) is 15.6 Å². The SMILES string of the molecule is COc1ccc(-c2cc(C(=O)NN=C(C)c3ccc(Br)cc3)[nH]n2)c(OC)c1. The number of halogens is 1. The fraction of sp³-hybridized carbons (Fsp3) is 0.150. The van der Waals surface area contributed by atoms with Crippen molar-refractivity contribution in [2.45, 2.75) is 6.92 Å². The second kappa shape index (κ2) is 8.71. The molecular weight excluding hydrogens is 424 g/mol. The summed E-state index contributed by atoms with van der Waals surface area (Å²) in [7, 11) is 3.15. The maximum Gasteiger partial charge on any atom is 0.289 e. The van der Waals surface area contributed by atoms with Gasteiger partial charge in [0.25, 0.3) is 5.91 Å². The lowest BCUT2D eigenvalue weighted by molar-refractivity contribution is 0.0950. The van der Waals surface area contributed by atoms with E-state index in [0.717, 1.165) is 15.6 Å². The van der Waals surface area contributed by atoms with E-state index in [1.165, 1.54) is 0 Å². The molecule has 2 N–H and O–H groups in total. The van der Waals surface area contributed by atoms with E-state index in [-0.39, 0.29) is 5.91 Å². The molecule has 0 bridgehead atoms. The van der Waals surface area contributed by atoms with Gasteiger partial charge in [0.15, 0.2) is 0 Å². The van der Waals surface area contributed by atoms with E-state index >= 15 is 0 Å². The number of carbonyl (C=O) groups excluding carboxylic acids is 1. The first-order chi connectivity index (χ1) is 13.5. The van der Waals surface area contributed by atoms with Crippen LogP contribution in [0.1, 0.15) is 23.0 Å². The molecule has 1 amide bonds. The molecular formula is C20H19BrN4O3. The fourth-order valence-electron chi connectivity index (χ4n) is 2.54. The van der Waals surface area contributed by atoms with Gasteiger partial charge in [0.05, 0.1) is 25.6 Å². The second-order valence-electron chi connectivity index (χ2n) is 5.88. The highest BCUT2D eigenvalue weighted by Crippen LogP contribution is 2.32. The molecule has 2 aromatic carbocycles. The predicted molar refractivity (Wildman–Crippen MR) is 111 cm³/mol. The number of carbonyl (C=O) groups is 1. The summed E-state index contributed by atoms with van der Waals surface area (Å²) < 4.78 is 11.6. The molecule has 0 unspecified atom stereocenters. The molecule has 0 atom stereocenters. The Morgan fingerprint density at radius 2 is 1.86 bits per heavy atom. The number of aromatic nitrogens is 2. The van der Waals surface area contributed by atoms with Crippen LogP contribution in [0.2, 0.25) is 0 Å². The molecule has 1 heterocycles. The molecule has 0 saturated carbocycles. The maximum absolute atomic E-state index is 12.4. The molecule has 28 heavy (non-hydrogen) atoms. The highest BCUT2D eigenvalue weighted by Gasteiger charge is 2.14. The quantitative estimate of drug-likeness (QED) is 0.445. The third kappa shape index (κ3) is 4.40. The van der Waals surface area contributed by atoms with Crippen molar-refractivity contribution in [2.24, 2.45) is 5.10 Å². The lowest BCUT2D eigenvalue weighted by Crippen LogP contribution is -2.19. The molecule has 144 valence electrons. The smallest absolute Gasteiger partial charge is 0.289 e.